The second kappa shape index (κ2) is 94.6. The van der Waals surface area contributed by atoms with Gasteiger partial charge in [-0.25, -0.2) is 61.2 Å². The van der Waals surface area contributed by atoms with Crippen molar-refractivity contribution in [3.05, 3.63) is 143 Å². The maximum Gasteiger partial charge on any atom is 0.349 e. The maximum atomic E-state index is 12.1. The normalized spacial score (nSPS) is 11.5. The minimum absolute atomic E-state index is 0.0265. The van der Waals surface area contributed by atoms with Crippen molar-refractivity contribution in [2.45, 2.75) is 145 Å². The summed E-state index contributed by atoms with van der Waals surface area (Å²) in [6, 6.07) is 0. The number of aliphatic hydroxyl groups excluding tert-OH is 13. The Bertz CT molecular complexity index is 3600. The molecule has 782 valence electrons. The number of hydrogen-bond donors (Lipinski definition) is 13. The molecular weight excluding hydrogens is 1810 g/mol. The van der Waals surface area contributed by atoms with Crippen molar-refractivity contribution < 1.29 is 180 Å². The zero-order valence-electron chi connectivity index (χ0n) is 81.4. The Morgan fingerprint density at radius 2 is 0.544 bits per heavy atom. The molecule has 0 bridgehead atoms. The average Bonchev–Trinajstić information content (AvgIpc) is 0.862. The van der Waals surface area contributed by atoms with E-state index in [9.17, 15) is 71.4 Å². The number of carbonyl (C=O) groups excluding carboxylic acids is 11. The Morgan fingerprint density at radius 1 is 0.294 bits per heavy atom. The summed E-state index contributed by atoms with van der Waals surface area (Å²) in [6.07, 6.45) is 32.0. The van der Waals surface area contributed by atoms with Gasteiger partial charge in [0.2, 0.25) is 0 Å². The lowest BCUT2D eigenvalue weighted by Gasteiger charge is -2.17. The Labute approximate surface area is 800 Å². The molecular formula is C92H156N6O37S. The SMILES string of the molecule is CCC(O)COC(=O)/C(=C\C=C\N(CC)CC)C(=O)OCC(O)CO.CCCCOC(=O)C(=C/C=C/N(CCO)CCO)C(=O)OCCCC.CCCOC(=O)C(=C/C=C/N(CCO)CCO)C(=O)OCCC.CCOC(=O)C(=C/C=C/N(CCO)CCO)C(=O)OCC.CN(C)/C=C/C=C(C(=O)OCCCCO)C(=O)OCCCCO.COC(=O)/C(=C\C=C\N(CCO)CCO)S(C)(=O)=O. The van der Waals surface area contributed by atoms with Crippen molar-refractivity contribution in [2.75, 3.05) is 232 Å². The molecule has 0 rings (SSSR count). The molecule has 136 heavy (non-hydrogen) atoms. The van der Waals surface area contributed by atoms with Crippen LogP contribution in [0.2, 0.25) is 0 Å². The summed E-state index contributed by atoms with van der Waals surface area (Å²) in [5, 5.41) is 116. The summed E-state index contributed by atoms with van der Waals surface area (Å²) in [4.78, 5) is 140. The molecule has 0 radical (unpaired) electrons. The molecule has 0 spiro atoms. The first kappa shape index (κ1) is 136. The molecule has 2 atom stereocenters. The highest BCUT2D eigenvalue weighted by atomic mass is 32.2. The lowest BCUT2D eigenvalue weighted by atomic mass is 10.2. The Hall–Kier alpha value is -10.7. The first-order valence-electron chi connectivity index (χ1n) is 44.8. The van der Waals surface area contributed by atoms with Crippen LogP contribution in [0.5, 0.6) is 0 Å². The molecule has 0 saturated heterocycles. The molecule has 0 aromatic carbocycles. The van der Waals surface area contributed by atoms with E-state index in [1.807, 2.05) is 60.5 Å². The van der Waals surface area contributed by atoms with Crippen molar-refractivity contribution >= 4 is 75.5 Å². The lowest BCUT2D eigenvalue weighted by molar-refractivity contribution is -0.151. The minimum Gasteiger partial charge on any atom is -0.465 e. The van der Waals surface area contributed by atoms with E-state index in [1.165, 1.54) is 67.0 Å². The van der Waals surface area contributed by atoms with E-state index in [0.29, 0.717) is 84.2 Å². The van der Waals surface area contributed by atoms with Crippen LogP contribution in [0, 0.1) is 0 Å². The molecule has 0 aliphatic carbocycles. The maximum absolute atomic E-state index is 12.1. The molecule has 43 nitrogen and oxygen atoms in total. The molecule has 0 aliphatic heterocycles. The third-order valence-electron chi connectivity index (χ3n) is 16.3. The zero-order valence-corrected chi connectivity index (χ0v) is 82.3. The molecule has 0 saturated carbocycles. The average molecular weight is 1970 g/mol. The van der Waals surface area contributed by atoms with Crippen LogP contribution in [0.3, 0.4) is 0 Å². The summed E-state index contributed by atoms with van der Waals surface area (Å²) in [7, 11) is 1.03. The fraction of sp³-hybridized carbons (Fsp3) is 0.620. The Kier molecular flexibility index (Phi) is 94.6. The quantitative estimate of drug-likeness (QED) is 0.00777. The van der Waals surface area contributed by atoms with Gasteiger partial charge in [-0.15, -0.1) is 0 Å². The lowest BCUT2D eigenvalue weighted by Crippen LogP contribution is -2.26. The number of sulfone groups is 1. The molecule has 0 amide bonds. The van der Waals surface area contributed by atoms with Gasteiger partial charge in [0.1, 0.15) is 47.2 Å². The monoisotopic (exact) mass is 1970 g/mol. The van der Waals surface area contributed by atoms with Gasteiger partial charge in [0, 0.05) is 99.0 Å². The molecule has 44 heteroatoms. The zero-order chi connectivity index (χ0) is 104. The first-order chi connectivity index (χ1) is 65.1. The summed E-state index contributed by atoms with van der Waals surface area (Å²) in [6.45, 7) is 20.4. The van der Waals surface area contributed by atoms with Crippen LogP contribution in [0.1, 0.15) is 133 Å². The highest BCUT2D eigenvalue weighted by Gasteiger charge is 2.27. The van der Waals surface area contributed by atoms with E-state index < -0.39 is 106 Å². The first-order valence-corrected chi connectivity index (χ1v) is 46.7. The van der Waals surface area contributed by atoms with Crippen molar-refractivity contribution in [1.29, 1.82) is 0 Å². The van der Waals surface area contributed by atoms with Crippen LogP contribution in [0.25, 0.3) is 0 Å². The van der Waals surface area contributed by atoms with Crippen molar-refractivity contribution in [1.82, 2.24) is 29.4 Å². The van der Waals surface area contributed by atoms with E-state index in [1.54, 1.807) is 82.3 Å². The summed E-state index contributed by atoms with van der Waals surface area (Å²) in [5.41, 5.74) is -1.11. The number of carbonyl (C=O) groups is 11. The largest absolute Gasteiger partial charge is 0.465 e. The summed E-state index contributed by atoms with van der Waals surface area (Å²) < 4.78 is 76.5. The topological polar surface area (TPSA) is 606 Å². The van der Waals surface area contributed by atoms with Gasteiger partial charge in [-0.3, -0.25) is 0 Å². The Morgan fingerprint density at radius 3 is 0.772 bits per heavy atom. The molecule has 2 unspecified atom stereocenters. The van der Waals surface area contributed by atoms with Crippen molar-refractivity contribution in [3.8, 4) is 0 Å². The second-order valence-electron chi connectivity index (χ2n) is 27.8. The number of rotatable bonds is 68. The summed E-state index contributed by atoms with van der Waals surface area (Å²) in [5.74, 6) is -8.74. The van der Waals surface area contributed by atoms with Gasteiger partial charge in [-0.1, -0.05) is 47.5 Å². The number of methoxy groups -OCH3 is 1. The van der Waals surface area contributed by atoms with Crippen LogP contribution in [0.15, 0.2) is 143 Å². The van der Waals surface area contributed by atoms with Crippen molar-refractivity contribution in [3.63, 3.8) is 0 Å². The van der Waals surface area contributed by atoms with Gasteiger partial charge >= 0.3 is 65.7 Å². The van der Waals surface area contributed by atoms with Gasteiger partial charge in [0.05, 0.1) is 126 Å². The van der Waals surface area contributed by atoms with E-state index in [2.05, 4.69) is 4.74 Å². The molecule has 13 N–H and O–H groups in total. The molecule has 0 heterocycles. The molecule has 0 fully saturated rings. The van der Waals surface area contributed by atoms with Crippen LogP contribution >= 0.6 is 0 Å². The van der Waals surface area contributed by atoms with Gasteiger partial charge in [0.25, 0.3) is 0 Å². The number of aliphatic hydroxyl groups is 13. The number of esters is 11. The summed E-state index contributed by atoms with van der Waals surface area (Å²) >= 11 is 0. The van der Waals surface area contributed by atoms with Crippen LogP contribution in [0.4, 0.5) is 0 Å². The molecule has 0 aliphatic rings. The molecule has 0 aromatic rings. The number of unbranched alkanes of at least 4 members (excludes halogenated alkanes) is 4. The molecule has 0 aromatic heterocycles. The fourth-order valence-corrected chi connectivity index (χ4v) is 9.68. The van der Waals surface area contributed by atoms with Gasteiger partial charge in [0.15, 0.2) is 14.7 Å². The second-order valence-corrected chi connectivity index (χ2v) is 29.8. The third-order valence-corrected chi connectivity index (χ3v) is 17.4. The van der Waals surface area contributed by atoms with Gasteiger partial charge in [-0.05, 0) is 196 Å². The van der Waals surface area contributed by atoms with Crippen molar-refractivity contribution in [2.24, 2.45) is 0 Å². The van der Waals surface area contributed by atoms with E-state index in [4.69, 9.17) is 104 Å². The number of hydrogen-bond acceptors (Lipinski definition) is 43. The predicted molar refractivity (Wildman–Crippen MR) is 503 cm³/mol. The predicted octanol–water partition coefficient (Wildman–Crippen LogP) is 1.34. The smallest absolute Gasteiger partial charge is 0.349 e. The Balaban J connectivity index is -0.000000374. The van der Waals surface area contributed by atoms with Crippen LogP contribution < -0.4 is 0 Å². The van der Waals surface area contributed by atoms with E-state index in [-0.39, 0.29) is 166 Å². The standard InChI is InChI=1S/C18H31NO6.C17H29NO7.2C16H27NO6.C14H23NO6.C11H19NO6S/c1-3-5-14-24-17(22)16(18(23)25-15-6-4-2)8-7-9-19(10-12-20)11-13-21;1-4-13(20)11-24-16(22)15(8-7-9-18(5-2)6-3)17(23)25-12-14(21)10-19;1-17(2)9-7-8-14(15(20)22-12-5-3-10-18)16(21)23-13-6-4-11-19;1-3-12-22-15(20)14(16(21)23-13-4-2)6-5-7-17(8-10-18)9-11-19;1-3-20-13(18)12(14(19)21-4-2)6-5-7-15(8-10-16)9-11-17;1-18-11(15)10(19(2,16)17)4-3-5-12(6-8-13)7-9-14/h7-9,20-21H,3-6,10-15H2,1-2H3;7-9,13-14,19-21H,4-6,10-12H2,1-3H3;7-9,18-19H,3-6,10-13H2,1-2H3;5-7,18-19H,3-4,8-13H2,1-2H3;5-7,16-17H,3-4,8-11H2,1-2H3;3-5,13-14H,6-9H2,1-2H3/b9-7+;9-7+,15-8+;9-7+;2*7-5+;5-3+,10-4+. The fourth-order valence-electron chi connectivity index (χ4n) is 8.97. The third kappa shape index (κ3) is 76.4. The van der Waals surface area contributed by atoms with Crippen LogP contribution in [-0.2, 0) is 115 Å². The van der Waals surface area contributed by atoms with E-state index in [0.717, 1.165) is 58.2 Å². The number of allylic oxidation sites excluding steroid dienone is 12. The van der Waals surface area contributed by atoms with E-state index >= 15 is 0 Å². The minimum atomic E-state index is -3.68. The highest BCUT2D eigenvalue weighted by molar-refractivity contribution is 7.95. The number of nitrogens with zero attached hydrogens (tertiary/aromatic N) is 6. The van der Waals surface area contributed by atoms with Crippen LogP contribution in [-0.4, -0.2) is 414 Å². The van der Waals surface area contributed by atoms with Gasteiger partial charge < -0.3 is 148 Å². The van der Waals surface area contributed by atoms with Gasteiger partial charge in [-0.2, -0.15) is 0 Å². The highest BCUT2D eigenvalue weighted by Crippen LogP contribution is 2.13. The number of ether oxygens (including phenoxy) is 11.